The van der Waals surface area contributed by atoms with Crippen LogP contribution in [0.1, 0.15) is 0 Å². The molecule has 152 valence electrons. The maximum absolute atomic E-state index is 12.4. The minimum Gasteiger partial charge on any atom is -0.374 e. The van der Waals surface area contributed by atoms with E-state index in [2.05, 4.69) is 15.7 Å². The minimum absolute atomic E-state index is 0.0424. The van der Waals surface area contributed by atoms with Crippen LogP contribution in [0.3, 0.4) is 0 Å². The Morgan fingerprint density at radius 3 is 2.66 bits per heavy atom. The van der Waals surface area contributed by atoms with Crippen LogP contribution in [-0.4, -0.2) is 49.1 Å². The van der Waals surface area contributed by atoms with Crippen molar-refractivity contribution in [3.63, 3.8) is 0 Å². The molecule has 0 fully saturated rings. The molecule has 0 spiro atoms. The van der Waals surface area contributed by atoms with Gasteiger partial charge in [-0.2, -0.15) is 5.10 Å². The highest BCUT2D eigenvalue weighted by Gasteiger charge is 2.17. The van der Waals surface area contributed by atoms with E-state index in [9.17, 15) is 13.2 Å². The summed E-state index contributed by atoms with van der Waals surface area (Å²) in [6.07, 6.45) is 3.44. The summed E-state index contributed by atoms with van der Waals surface area (Å²) in [6.45, 7) is -0.0424. The first-order valence-corrected chi connectivity index (χ1v) is 10.4. The van der Waals surface area contributed by atoms with Gasteiger partial charge in [0.2, 0.25) is 15.9 Å². The maximum atomic E-state index is 12.4. The van der Waals surface area contributed by atoms with Crippen molar-refractivity contribution in [2.24, 2.45) is 0 Å². The summed E-state index contributed by atoms with van der Waals surface area (Å²) in [6, 6.07) is 13.1. The van der Waals surface area contributed by atoms with Crippen LogP contribution >= 0.6 is 11.6 Å². The standard InChI is InChI=1S/C19H20ClN5O3S/c1-24(2)29(27,28)16-6-3-5-15(12-16)23-19(26)13-21-17-11-14(20)7-8-18(17)25-10-4-9-22-25/h3-12,21H,13H2,1-2H3,(H,23,26). The number of carbonyl (C=O) groups excluding carboxylic acids is 1. The van der Waals surface area contributed by atoms with Crippen molar-refractivity contribution in [2.45, 2.75) is 4.90 Å². The number of anilines is 2. The molecular formula is C19H20ClN5O3S. The lowest BCUT2D eigenvalue weighted by molar-refractivity contribution is -0.114. The van der Waals surface area contributed by atoms with Gasteiger partial charge in [0.25, 0.3) is 0 Å². The van der Waals surface area contributed by atoms with Gasteiger partial charge < -0.3 is 10.6 Å². The molecule has 2 aromatic carbocycles. The lowest BCUT2D eigenvalue weighted by Gasteiger charge is -2.14. The second-order valence-corrected chi connectivity index (χ2v) is 8.92. The van der Waals surface area contributed by atoms with Gasteiger partial charge >= 0.3 is 0 Å². The average Bonchev–Trinajstić information content (AvgIpc) is 3.21. The van der Waals surface area contributed by atoms with Gasteiger partial charge in [-0.05, 0) is 42.5 Å². The quantitative estimate of drug-likeness (QED) is 0.597. The Bertz CT molecular complexity index is 1110. The first kappa shape index (κ1) is 20.8. The summed E-state index contributed by atoms with van der Waals surface area (Å²) in [4.78, 5) is 12.5. The van der Waals surface area contributed by atoms with Crippen molar-refractivity contribution >= 4 is 38.9 Å². The molecule has 10 heteroatoms. The Labute approximate surface area is 174 Å². The Morgan fingerprint density at radius 1 is 1.17 bits per heavy atom. The maximum Gasteiger partial charge on any atom is 0.243 e. The van der Waals surface area contributed by atoms with E-state index in [0.29, 0.717) is 16.4 Å². The SMILES string of the molecule is CN(C)S(=O)(=O)c1cccc(NC(=O)CNc2cc(Cl)ccc2-n2cccn2)c1. The van der Waals surface area contributed by atoms with Gasteiger partial charge in [0.1, 0.15) is 0 Å². The number of benzene rings is 2. The molecule has 1 aromatic heterocycles. The van der Waals surface area contributed by atoms with Gasteiger partial charge in [-0.15, -0.1) is 0 Å². The van der Waals surface area contributed by atoms with Crippen LogP contribution in [0, 0.1) is 0 Å². The summed E-state index contributed by atoms with van der Waals surface area (Å²) in [5.41, 5.74) is 1.77. The van der Waals surface area contributed by atoms with E-state index in [1.807, 2.05) is 0 Å². The predicted octanol–water partition coefficient (Wildman–Crippen LogP) is 2.83. The number of amides is 1. The molecule has 0 saturated carbocycles. The number of rotatable bonds is 7. The largest absolute Gasteiger partial charge is 0.374 e. The normalized spacial score (nSPS) is 11.4. The van der Waals surface area contributed by atoms with E-state index in [0.717, 1.165) is 9.99 Å². The van der Waals surface area contributed by atoms with Crippen molar-refractivity contribution in [2.75, 3.05) is 31.3 Å². The number of carbonyl (C=O) groups is 1. The van der Waals surface area contributed by atoms with Crippen molar-refractivity contribution in [1.82, 2.24) is 14.1 Å². The van der Waals surface area contributed by atoms with Crippen LogP contribution in [0.2, 0.25) is 5.02 Å². The Balaban J connectivity index is 1.71. The highest BCUT2D eigenvalue weighted by molar-refractivity contribution is 7.89. The third-order valence-electron chi connectivity index (χ3n) is 4.05. The molecule has 0 radical (unpaired) electrons. The Morgan fingerprint density at radius 2 is 1.97 bits per heavy atom. The zero-order valence-electron chi connectivity index (χ0n) is 15.8. The second-order valence-electron chi connectivity index (χ2n) is 6.33. The molecule has 8 nitrogen and oxygen atoms in total. The zero-order valence-corrected chi connectivity index (χ0v) is 17.4. The Kier molecular flexibility index (Phi) is 6.21. The van der Waals surface area contributed by atoms with Crippen molar-refractivity contribution in [3.05, 3.63) is 65.9 Å². The van der Waals surface area contributed by atoms with E-state index in [1.165, 1.54) is 26.2 Å². The molecule has 0 saturated heterocycles. The molecule has 0 atom stereocenters. The van der Waals surface area contributed by atoms with Gasteiger partial charge in [-0.25, -0.2) is 17.4 Å². The first-order valence-electron chi connectivity index (χ1n) is 8.63. The van der Waals surface area contributed by atoms with Gasteiger partial charge in [0.15, 0.2) is 0 Å². The fourth-order valence-electron chi connectivity index (χ4n) is 2.59. The van der Waals surface area contributed by atoms with E-state index < -0.39 is 10.0 Å². The molecule has 0 unspecified atom stereocenters. The molecule has 1 heterocycles. The lowest BCUT2D eigenvalue weighted by Crippen LogP contribution is -2.24. The van der Waals surface area contributed by atoms with Gasteiger partial charge in [-0.1, -0.05) is 17.7 Å². The number of nitrogens with one attached hydrogen (secondary N) is 2. The topological polar surface area (TPSA) is 96.3 Å². The van der Waals surface area contributed by atoms with Crippen LogP contribution in [0.15, 0.2) is 65.8 Å². The third-order valence-corrected chi connectivity index (χ3v) is 6.09. The molecule has 1 amide bonds. The van der Waals surface area contributed by atoms with Crippen molar-refractivity contribution < 1.29 is 13.2 Å². The number of halogens is 1. The van der Waals surface area contributed by atoms with Gasteiger partial charge in [0.05, 0.1) is 22.8 Å². The molecule has 3 aromatic rings. The van der Waals surface area contributed by atoms with E-state index >= 15 is 0 Å². The predicted molar refractivity (Wildman–Crippen MR) is 113 cm³/mol. The van der Waals surface area contributed by atoms with Gasteiger partial charge in [0, 0.05) is 37.2 Å². The fraction of sp³-hybridized carbons (Fsp3) is 0.158. The molecule has 0 aliphatic carbocycles. The number of aromatic nitrogens is 2. The zero-order chi connectivity index (χ0) is 21.0. The molecular weight excluding hydrogens is 414 g/mol. The van der Waals surface area contributed by atoms with Crippen LogP contribution < -0.4 is 10.6 Å². The van der Waals surface area contributed by atoms with Crippen LogP contribution in [0.25, 0.3) is 5.69 Å². The second kappa shape index (κ2) is 8.64. The van der Waals surface area contributed by atoms with Gasteiger partial charge in [-0.3, -0.25) is 4.79 Å². The monoisotopic (exact) mass is 433 g/mol. The summed E-state index contributed by atoms with van der Waals surface area (Å²) < 4.78 is 27.3. The number of sulfonamides is 1. The highest BCUT2D eigenvalue weighted by atomic mass is 35.5. The summed E-state index contributed by atoms with van der Waals surface area (Å²) >= 11 is 6.08. The summed E-state index contributed by atoms with van der Waals surface area (Å²) in [5, 5.41) is 10.4. The number of hydrogen-bond acceptors (Lipinski definition) is 5. The van der Waals surface area contributed by atoms with Crippen molar-refractivity contribution in [1.29, 1.82) is 0 Å². The lowest BCUT2D eigenvalue weighted by atomic mass is 10.2. The molecule has 3 rings (SSSR count). The highest BCUT2D eigenvalue weighted by Crippen LogP contribution is 2.24. The molecule has 2 N–H and O–H groups in total. The first-order chi connectivity index (χ1) is 13.8. The molecule has 0 aliphatic rings. The van der Waals surface area contributed by atoms with Crippen LogP contribution in [-0.2, 0) is 14.8 Å². The Hall–Kier alpha value is -2.88. The van der Waals surface area contributed by atoms with Crippen LogP contribution in [0.5, 0.6) is 0 Å². The van der Waals surface area contributed by atoms with Crippen molar-refractivity contribution in [3.8, 4) is 5.69 Å². The van der Waals surface area contributed by atoms with Crippen LogP contribution in [0.4, 0.5) is 11.4 Å². The third kappa shape index (κ3) is 4.94. The van der Waals surface area contributed by atoms with E-state index in [4.69, 9.17) is 11.6 Å². The average molecular weight is 434 g/mol. The summed E-state index contributed by atoms with van der Waals surface area (Å²) in [7, 11) is -0.682. The van der Waals surface area contributed by atoms with E-state index in [1.54, 1.807) is 53.5 Å². The number of nitrogens with zero attached hydrogens (tertiary/aromatic N) is 3. The minimum atomic E-state index is -3.58. The molecule has 0 bridgehead atoms. The fourth-order valence-corrected chi connectivity index (χ4v) is 3.71. The molecule has 29 heavy (non-hydrogen) atoms. The number of hydrogen-bond donors (Lipinski definition) is 2. The molecule has 0 aliphatic heterocycles. The van der Waals surface area contributed by atoms with E-state index in [-0.39, 0.29) is 17.3 Å². The summed E-state index contributed by atoms with van der Waals surface area (Å²) in [5.74, 6) is -0.337. The smallest absolute Gasteiger partial charge is 0.243 e.